The van der Waals surface area contributed by atoms with E-state index in [2.05, 4.69) is 37.0 Å². The second-order valence-corrected chi connectivity index (χ2v) is 5.80. The van der Waals surface area contributed by atoms with E-state index in [9.17, 15) is 5.26 Å². The SMILES string of the molecule is CC(C)c1ccc(-c2nc(CCN)sc2C#N)cc1. The van der Waals surface area contributed by atoms with Crippen molar-refractivity contribution in [2.45, 2.75) is 26.2 Å². The summed E-state index contributed by atoms with van der Waals surface area (Å²) in [5.74, 6) is 0.507. The van der Waals surface area contributed by atoms with Crippen LogP contribution in [0.4, 0.5) is 0 Å². The molecule has 0 radical (unpaired) electrons. The van der Waals surface area contributed by atoms with E-state index >= 15 is 0 Å². The van der Waals surface area contributed by atoms with Gasteiger partial charge in [-0.2, -0.15) is 5.26 Å². The molecule has 1 aromatic carbocycles. The third-order valence-electron chi connectivity index (χ3n) is 2.98. The van der Waals surface area contributed by atoms with Crippen molar-refractivity contribution < 1.29 is 0 Å². The molecule has 98 valence electrons. The molecule has 0 fully saturated rings. The molecule has 0 saturated heterocycles. The largest absolute Gasteiger partial charge is 0.330 e. The number of benzene rings is 1. The summed E-state index contributed by atoms with van der Waals surface area (Å²) in [5.41, 5.74) is 8.61. The summed E-state index contributed by atoms with van der Waals surface area (Å²) >= 11 is 1.44. The van der Waals surface area contributed by atoms with Gasteiger partial charge in [0.1, 0.15) is 10.9 Å². The van der Waals surface area contributed by atoms with Crippen molar-refractivity contribution >= 4 is 11.3 Å². The predicted molar refractivity (Wildman–Crippen MR) is 79.1 cm³/mol. The second-order valence-electron chi connectivity index (χ2n) is 4.71. The molecular formula is C15H17N3S. The molecule has 0 amide bonds. The first-order valence-electron chi connectivity index (χ1n) is 6.36. The van der Waals surface area contributed by atoms with Crippen LogP contribution >= 0.6 is 11.3 Å². The monoisotopic (exact) mass is 271 g/mol. The fourth-order valence-electron chi connectivity index (χ4n) is 1.89. The summed E-state index contributed by atoms with van der Waals surface area (Å²) < 4.78 is 0. The maximum atomic E-state index is 9.19. The van der Waals surface area contributed by atoms with E-state index < -0.39 is 0 Å². The smallest absolute Gasteiger partial charge is 0.132 e. The van der Waals surface area contributed by atoms with Crippen LogP contribution in [0, 0.1) is 11.3 Å². The highest BCUT2D eigenvalue weighted by Gasteiger charge is 2.12. The highest BCUT2D eigenvalue weighted by molar-refractivity contribution is 7.12. The predicted octanol–water partition coefficient (Wildman–Crippen LogP) is 3.31. The summed E-state index contributed by atoms with van der Waals surface area (Å²) in [6.07, 6.45) is 0.726. The third kappa shape index (κ3) is 3.01. The Labute approximate surface area is 117 Å². The van der Waals surface area contributed by atoms with Crippen molar-refractivity contribution in [2.75, 3.05) is 6.54 Å². The van der Waals surface area contributed by atoms with E-state index in [-0.39, 0.29) is 0 Å². The Morgan fingerprint density at radius 3 is 2.53 bits per heavy atom. The van der Waals surface area contributed by atoms with Crippen LogP contribution in [-0.2, 0) is 6.42 Å². The average Bonchev–Trinajstić information content (AvgIpc) is 2.82. The van der Waals surface area contributed by atoms with Gasteiger partial charge in [0.25, 0.3) is 0 Å². The Balaban J connectivity index is 2.38. The van der Waals surface area contributed by atoms with Crippen LogP contribution in [0.1, 0.15) is 35.2 Å². The minimum absolute atomic E-state index is 0.507. The Hall–Kier alpha value is -1.70. The van der Waals surface area contributed by atoms with Gasteiger partial charge in [-0.25, -0.2) is 4.98 Å². The number of rotatable bonds is 4. The van der Waals surface area contributed by atoms with Crippen LogP contribution < -0.4 is 5.73 Å². The summed E-state index contributed by atoms with van der Waals surface area (Å²) in [6.45, 7) is 4.89. The lowest BCUT2D eigenvalue weighted by atomic mass is 10.0. The van der Waals surface area contributed by atoms with E-state index in [1.807, 2.05) is 12.1 Å². The normalized spacial score (nSPS) is 10.7. The van der Waals surface area contributed by atoms with Gasteiger partial charge in [0, 0.05) is 12.0 Å². The molecule has 2 aromatic rings. The molecule has 0 spiro atoms. The quantitative estimate of drug-likeness (QED) is 0.928. The average molecular weight is 271 g/mol. The van der Waals surface area contributed by atoms with Crippen LogP contribution in [0.2, 0.25) is 0 Å². The maximum absolute atomic E-state index is 9.19. The van der Waals surface area contributed by atoms with E-state index in [4.69, 9.17) is 5.73 Å². The molecule has 3 nitrogen and oxygen atoms in total. The van der Waals surface area contributed by atoms with E-state index in [0.29, 0.717) is 17.3 Å². The number of nitrogens with two attached hydrogens (primary N) is 1. The highest BCUT2D eigenvalue weighted by Crippen LogP contribution is 2.29. The molecule has 2 N–H and O–H groups in total. The molecule has 0 saturated carbocycles. The number of hydrogen-bond acceptors (Lipinski definition) is 4. The van der Waals surface area contributed by atoms with Crippen molar-refractivity contribution in [2.24, 2.45) is 5.73 Å². The molecule has 2 rings (SSSR count). The van der Waals surface area contributed by atoms with Crippen LogP contribution in [0.25, 0.3) is 11.3 Å². The van der Waals surface area contributed by atoms with Gasteiger partial charge >= 0.3 is 0 Å². The van der Waals surface area contributed by atoms with E-state index in [1.54, 1.807) is 0 Å². The number of aromatic nitrogens is 1. The molecule has 1 heterocycles. The molecule has 19 heavy (non-hydrogen) atoms. The van der Waals surface area contributed by atoms with Crippen molar-refractivity contribution in [3.05, 3.63) is 39.7 Å². The van der Waals surface area contributed by atoms with Gasteiger partial charge in [-0.15, -0.1) is 11.3 Å². The molecule has 0 aliphatic rings. The minimum Gasteiger partial charge on any atom is -0.330 e. The molecule has 0 bridgehead atoms. The zero-order valence-corrected chi connectivity index (χ0v) is 12.0. The van der Waals surface area contributed by atoms with Gasteiger partial charge in [0.2, 0.25) is 0 Å². The topological polar surface area (TPSA) is 62.7 Å². The Kier molecular flexibility index (Phi) is 4.31. The van der Waals surface area contributed by atoms with Crippen molar-refractivity contribution in [3.63, 3.8) is 0 Å². The first kappa shape index (κ1) is 13.7. The minimum atomic E-state index is 0.507. The standard InChI is InChI=1S/C15H17N3S/c1-10(2)11-3-5-12(6-4-11)15-13(9-17)19-14(18-15)7-8-16/h3-6,10H,7-8,16H2,1-2H3. The van der Waals surface area contributed by atoms with E-state index in [1.165, 1.54) is 16.9 Å². The Morgan fingerprint density at radius 1 is 1.32 bits per heavy atom. The van der Waals surface area contributed by atoms with Gasteiger partial charge in [-0.3, -0.25) is 0 Å². The van der Waals surface area contributed by atoms with Crippen LogP contribution in [0.15, 0.2) is 24.3 Å². The molecule has 1 aromatic heterocycles. The zero-order chi connectivity index (χ0) is 13.8. The number of nitrogens with zero attached hydrogens (tertiary/aromatic N) is 2. The molecule has 0 aliphatic carbocycles. The highest BCUT2D eigenvalue weighted by atomic mass is 32.1. The van der Waals surface area contributed by atoms with Crippen LogP contribution in [-0.4, -0.2) is 11.5 Å². The van der Waals surface area contributed by atoms with Gasteiger partial charge < -0.3 is 5.73 Å². The Morgan fingerprint density at radius 2 is 2.00 bits per heavy atom. The maximum Gasteiger partial charge on any atom is 0.132 e. The lowest BCUT2D eigenvalue weighted by Gasteiger charge is -2.05. The molecule has 0 aliphatic heterocycles. The van der Waals surface area contributed by atoms with Crippen molar-refractivity contribution in [3.8, 4) is 17.3 Å². The molecule has 0 atom stereocenters. The number of nitriles is 1. The van der Waals surface area contributed by atoms with Gasteiger partial charge in [-0.05, 0) is 18.0 Å². The summed E-state index contributed by atoms with van der Waals surface area (Å²) in [7, 11) is 0. The first-order valence-corrected chi connectivity index (χ1v) is 7.17. The lowest BCUT2D eigenvalue weighted by Crippen LogP contribution is -2.01. The fourth-order valence-corrected chi connectivity index (χ4v) is 2.79. The van der Waals surface area contributed by atoms with Gasteiger partial charge in [0.15, 0.2) is 0 Å². The van der Waals surface area contributed by atoms with E-state index in [0.717, 1.165) is 22.7 Å². The van der Waals surface area contributed by atoms with Crippen molar-refractivity contribution in [1.82, 2.24) is 4.98 Å². The fraction of sp³-hybridized carbons (Fsp3) is 0.333. The summed E-state index contributed by atoms with van der Waals surface area (Å²) in [4.78, 5) is 5.20. The summed E-state index contributed by atoms with van der Waals surface area (Å²) in [6, 6.07) is 10.5. The zero-order valence-electron chi connectivity index (χ0n) is 11.2. The molecule has 4 heteroatoms. The molecule has 0 unspecified atom stereocenters. The Bertz CT molecular complexity index is 591. The molecular weight excluding hydrogens is 254 g/mol. The third-order valence-corrected chi connectivity index (χ3v) is 4.00. The second kappa shape index (κ2) is 5.96. The van der Waals surface area contributed by atoms with Gasteiger partial charge in [-0.1, -0.05) is 38.1 Å². The van der Waals surface area contributed by atoms with Gasteiger partial charge in [0.05, 0.1) is 10.7 Å². The van der Waals surface area contributed by atoms with Crippen LogP contribution in [0.5, 0.6) is 0 Å². The van der Waals surface area contributed by atoms with Crippen LogP contribution in [0.3, 0.4) is 0 Å². The number of thiazole rings is 1. The van der Waals surface area contributed by atoms with Crippen molar-refractivity contribution in [1.29, 1.82) is 5.26 Å². The first-order chi connectivity index (χ1) is 9.15. The number of hydrogen-bond donors (Lipinski definition) is 1. The lowest BCUT2D eigenvalue weighted by molar-refractivity contribution is 0.867. The summed E-state index contributed by atoms with van der Waals surface area (Å²) in [5, 5.41) is 10.1.